The molecule has 1 aromatic heterocycles. The maximum atomic E-state index is 11.0. The molecular weight excluding hydrogens is 152 g/mol. The van der Waals surface area contributed by atoms with Crippen LogP contribution in [0, 0.1) is 11.3 Å². The van der Waals surface area contributed by atoms with Gasteiger partial charge in [0.25, 0.3) is 5.56 Å². The van der Waals surface area contributed by atoms with Crippen molar-refractivity contribution in [3.63, 3.8) is 0 Å². The van der Waals surface area contributed by atoms with E-state index in [1.165, 1.54) is 0 Å². The van der Waals surface area contributed by atoms with E-state index in [9.17, 15) is 4.79 Å². The molecule has 0 saturated carbocycles. The summed E-state index contributed by atoms with van der Waals surface area (Å²) in [4.78, 5) is 13.6. The lowest BCUT2D eigenvalue weighted by Gasteiger charge is -1.87. The van der Waals surface area contributed by atoms with Gasteiger partial charge in [0.15, 0.2) is 0 Å². The minimum atomic E-state index is -0.133. The molecule has 0 aliphatic heterocycles. The first kappa shape index (κ1) is 8.28. The molecule has 1 rings (SSSR count). The largest absolute Gasteiger partial charge is 0.329 e. The maximum absolute atomic E-state index is 11.0. The third-order valence-electron chi connectivity index (χ3n) is 1.36. The molecule has 0 radical (unpaired) electrons. The average molecular weight is 160 g/mol. The van der Waals surface area contributed by atoms with Gasteiger partial charge in [-0.25, -0.2) is 0 Å². The molecule has 0 aromatic carbocycles. The SMILES string of the molecule is N#CCC=Cc1ccc[nH]c1=O. The minimum absolute atomic E-state index is 0.133. The molecule has 0 spiro atoms. The number of allylic oxidation sites excluding steroid dienone is 1. The van der Waals surface area contributed by atoms with Crippen LogP contribution in [0.2, 0.25) is 0 Å². The van der Waals surface area contributed by atoms with Gasteiger partial charge in [0.2, 0.25) is 0 Å². The van der Waals surface area contributed by atoms with Gasteiger partial charge in [-0.05, 0) is 12.1 Å². The molecule has 0 aliphatic carbocycles. The normalized spacial score (nSPS) is 9.92. The fraction of sp³-hybridized carbons (Fsp3) is 0.111. The van der Waals surface area contributed by atoms with Crippen LogP contribution in [0.15, 0.2) is 29.2 Å². The lowest BCUT2D eigenvalue weighted by molar-refractivity contribution is 1.22. The number of H-pyrrole nitrogens is 1. The van der Waals surface area contributed by atoms with E-state index in [2.05, 4.69) is 4.98 Å². The van der Waals surface area contributed by atoms with Crippen LogP contribution in [0.25, 0.3) is 6.08 Å². The summed E-state index contributed by atoms with van der Waals surface area (Å²) >= 11 is 0. The Kier molecular flexibility index (Phi) is 2.86. The van der Waals surface area contributed by atoms with Crippen LogP contribution in [0.1, 0.15) is 12.0 Å². The molecule has 3 nitrogen and oxygen atoms in total. The van der Waals surface area contributed by atoms with Gasteiger partial charge in [0.1, 0.15) is 0 Å². The van der Waals surface area contributed by atoms with Gasteiger partial charge in [-0.3, -0.25) is 4.79 Å². The molecule has 0 amide bonds. The third-order valence-corrected chi connectivity index (χ3v) is 1.36. The van der Waals surface area contributed by atoms with E-state index >= 15 is 0 Å². The number of nitrogens with one attached hydrogen (secondary N) is 1. The summed E-state index contributed by atoms with van der Waals surface area (Å²) in [6, 6.07) is 5.40. The van der Waals surface area contributed by atoms with Crippen LogP contribution in [0.3, 0.4) is 0 Å². The Bertz CT molecular complexity index is 371. The van der Waals surface area contributed by atoms with Crippen molar-refractivity contribution in [2.75, 3.05) is 0 Å². The van der Waals surface area contributed by atoms with Gasteiger partial charge in [-0.1, -0.05) is 12.2 Å². The van der Waals surface area contributed by atoms with E-state index in [4.69, 9.17) is 5.26 Å². The van der Waals surface area contributed by atoms with Gasteiger partial charge in [0.05, 0.1) is 12.5 Å². The highest BCUT2D eigenvalue weighted by Gasteiger charge is 1.89. The summed E-state index contributed by atoms with van der Waals surface area (Å²) in [6.45, 7) is 0. The first-order chi connectivity index (χ1) is 5.84. The first-order valence-electron chi connectivity index (χ1n) is 3.56. The summed E-state index contributed by atoms with van der Waals surface area (Å²) in [6.07, 6.45) is 5.20. The number of nitrogens with zero attached hydrogens (tertiary/aromatic N) is 1. The molecule has 0 aliphatic rings. The van der Waals surface area contributed by atoms with E-state index in [1.54, 1.807) is 30.5 Å². The molecule has 1 aromatic rings. The number of aromatic nitrogens is 1. The molecule has 0 fully saturated rings. The summed E-state index contributed by atoms with van der Waals surface area (Å²) in [5, 5.41) is 8.23. The van der Waals surface area contributed by atoms with Crippen LogP contribution in [-0.4, -0.2) is 4.98 Å². The second-order valence-corrected chi connectivity index (χ2v) is 2.22. The fourth-order valence-electron chi connectivity index (χ4n) is 0.804. The average Bonchev–Trinajstić information content (AvgIpc) is 2.09. The van der Waals surface area contributed by atoms with Crippen molar-refractivity contribution in [2.45, 2.75) is 6.42 Å². The molecule has 1 heterocycles. The fourth-order valence-corrected chi connectivity index (χ4v) is 0.804. The van der Waals surface area contributed by atoms with Crippen LogP contribution in [0.5, 0.6) is 0 Å². The number of aromatic amines is 1. The topological polar surface area (TPSA) is 56.6 Å². The molecule has 1 N–H and O–H groups in total. The minimum Gasteiger partial charge on any atom is -0.329 e. The van der Waals surface area contributed by atoms with Crippen molar-refractivity contribution < 1.29 is 0 Å². The van der Waals surface area contributed by atoms with E-state index in [-0.39, 0.29) is 5.56 Å². The second kappa shape index (κ2) is 4.14. The number of rotatable bonds is 2. The summed E-state index contributed by atoms with van der Waals surface area (Å²) in [7, 11) is 0. The van der Waals surface area contributed by atoms with E-state index in [1.807, 2.05) is 6.07 Å². The zero-order valence-corrected chi connectivity index (χ0v) is 6.45. The highest BCUT2D eigenvalue weighted by Crippen LogP contribution is 1.93. The second-order valence-electron chi connectivity index (χ2n) is 2.22. The van der Waals surface area contributed by atoms with Crippen molar-refractivity contribution >= 4 is 6.08 Å². The van der Waals surface area contributed by atoms with Crippen molar-refractivity contribution in [1.29, 1.82) is 5.26 Å². The predicted molar refractivity (Wildman–Crippen MR) is 46.3 cm³/mol. The Morgan fingerprint density at radius 2 is 2.50 bits per heavy atom. The Labute approximate surface area is 70.0 Å². The molecule has 3 heteroatoms. The zero-order chi connectivity index (χ0) is 8.81. The van der Waals surface area contributed by atoms with Gasteiger partial charge >= 0.3 is 0 Å². The lowest BCUT2D eigenvalue weighted by atomic mass is 10.2. The smallest absolute Gasteiger partial charge is 0.255 e. The van der Waals surface area contributed by atoms with Crippen LogP contribution < -0.4 is 5.56 Å². The van der Waals surface area contributed by atoms with Gasteiger partial charge in [0, 0.05) is 11.8 Å². The Balaban J connectivity index is 2.84. The molecule has 0 saturated heterocycles. The maximum Gasteiger partial charge on any atom is 0.255 e. The molecule has 12 heavy (non-hydrogen) atoms. The molecular formula is C9H8N2O. The lowest BCUT2D eigenvalue weighted by Crippen LogP contribution is -2.06. The van der Waals surface area contributed by atoms with Crippen molar-refractivity contribution in [2.24, 2.45) is 0 Å². The van der Waals surface area contributed by atoms with Crippen LogP contribution in [-0.2, 0) is 0 Å². The highest BCUT2D eigenvalue weighted by atomic mass is 16.1. The van der Waals surface area contributed by atoms with Gasteiger partial charge in [-0.15, -0.1) is 0 Å². The van der Waals surface area contributed by atoms with Gasteiger partial charge in [-0.2, -0.15) is 5.26 Å². The first-order valence-corrected chi connectivity index (χ1v) is 3.56. The quantitative estimate of drug-likeness (QED) is 0.708. The van der Waals surface area contributed by atoms with Crippen molar-refractivity contribution in [3.8, 4) is 6.07 Å². The summed E-state index contributed by atoms with van der Waals surface area (Å²) < 4.78 is 0. The molecule has 0 atom stereocenters. The predicted octanol–water partition coefficient (Wildman–Crippen LogP) is 1.30. The zero-order valence-electron chi connectivity index (χ0n) is 6.45. The highest BCUT2D eigenvalue weighted by molar-refractivity contribution is 5.47. The number of hydrogen-bond acceptors (Lipinski definition) is 2. The third kappa shape index (κ3) is 2.10. The Morgan fingerprint density at radius 1 is 1.67 bits per heavy atom. The standard InChI is InChI=1S/C9H8N2O/c10-6-2-1-4-8-5-3-7-11-9(8)12/h1,3-5,7H,2H2,(H,11,12). The molecule has 60 valence electrons. The van der Waals surface area contributed by atoms with E-state index in [0.717, 1.165) is 0 Å². The number of nitriles is 1. The van der Waals surface area contributed by atoms with Crippen molar-refractivity contribution in [1.82, 2.24) is 4.98 Å². The van der Waals surface area contributed by atoms with Crippen LogP contribution >= 0.6 is 0 Å². The molecule has 0 bridgehead atoms. The molecule has 0 unspecified atom stereocenters. The Hall–Kier alpha value is -1.82. The van der Waals surface area contributed by atoms with E-state index in [0.29, 0.717) is 12.0 Å². The van der Waals surface area contributed by atoms with Gasteiger partial charge < -0.3 is 4.98 Å². The monoisotopic (exact) mass is 160 g/mol. The summed E-state index contributed by atoms with van der Waals surface area (Å²) in [5.74, 6) is 0. The Morgan fingerprint density at radius 3 is 3.17 bits per heavy atom. The number of pyridine rings is 1. The number of hydrogen-bond donors (Lipinski definition) is 1. The van der Waals surface area contributed by atoms with E-state index < -0.39 is 0 Å². The summed E-state index contributed by atoms with van der Waals surface area (Å²) in [5.41, 5.74) is 0.444. The van der Waals surface area contributed by atoms with Crippen LogP contribution in [0.4, 0.5) is 0 Å². The van der Waals surface area contributed by atoms with Crippen molar-refractivity contribution in [3.05, 3.63) is 40.3 Å².